The molecule has 1 aliphatic rings. The molecular weight excluding hydrogens is 866 g/mol. The third kappa shape index (κ3) is 8.28. The quantitative estimate of drug-likeness (QED) is 0.0896. The first-order chi connectivity index (χ1) is 31.5. The van der Waals surface area contributed by atoms with Crippen molar-refractivity contribution in [3.8, 4) is 29.0 Å². The molecule has 17 heteroatoms. The molecule has 1 aliphatic heterocycles. The number of thiophene rings is 1. The number of nitrogen functional groups attached to an aromatic ring is 1. The van der Waals surface area contributed by atoms with Crippen molar-refractivity contribution in [2.45, 2.75) is 32.2 Å². The summed E-state index contributed by atoms with van der Waals surface area (Å²) in [6, 6.07) is 26.2. The number of halogens is 1. The summed E-state index contributed by atoms with van der Waals surface area (Å²) in [7, 11) is 3.07. The molecule has 0 saturated heterocycles. The number of nitrogens with zero attached hydrogens (tertiary/aromatic N) is 5. The Bertz CT molecular complexity index is 3340. The molecule has 2 radical (unpaired) electrons. The molecule has 0 spiro atoms. The largest absolute Gasteiger partial charge is 0.493 e. The van der Waals surface area contributed by atoms with Gasteiger partial charge in [-0.3, -0.25) is 23.7 Å². The van der Waals surface area contributed by atoms with E-state index in [0.717, 1.165) is 15.6 Å². The standard InChI is InChI=1S/C48H38FN7O7SSi/c1-27(52-46(58)42-44(50)53-55-19-8-18-51-45(42)55)65-39-22-30-10-7-9-29(41(30)47(59)56(39)32-11-5-4-6-12-32)15-13-28-14-16-31(35(49)21-28)26-63-40(57)17-20-54-25-34-33-23-36(61-2)37(62-3)24-38(33)64-43(34)48(54)60/h4-12,14,16,18-19,21-24,27H,17,20,25-26H2,1-3H3,(H2,50,53)(H,52,58)/t27-/m1/s1. The van der Waals surface area contributed by atoms with Crippen molar-refractivity contribution in [2.24, 2.45) is 0 Å². The van der Waals surface area contributed by atoms with Crippen LogP contribution in [-0.2, 0) is 22.7 Å². The zero-order chi connectivity index (χ0) is 45.4. The lowest BCUT2D eigenvalue weighted by molar-refractivity contribution is -0.145. The maximum Gasteiger partial charge on any atom is 0.307 e. The number of para-hydroxylation sites is 1. The molecule has 0 bridgehead atoms. The van der Waals surface area contributed by atoms with Crippen molar-refractivity contribution in [1.82, 2.24) is 29.4 Å². The van der Waals surface area contributed by atoms with Gasteiger partial charge in [0.1, 0.15) is 27.5 Å². The predicted molar refractivity (Wildman–Crippen MR) is 246 cm³/mol. The summed E-state index contributed by atoms with van der Waals surface area (Å²) < 4.78 is 35.6. The number of ether oxygens (including phenoxy) is 3. The monoisotopic (exact) mass is 903 g/mol. The van der Waals surface area contributed by atoms with E-state index in [1.165, 1.54) is 28.0 Å². The number of pyridine rings is 1. The van der Waals surface area contributed by atoms with E-state index in [0.29, 0.717) is 61.5 Å². The van der Waals surface area contributed by atoms with Gasteiger partial charge in [0.25, 0.3) is 17.4 Å². The maximum absolute atomic E-state index is 15.4. The molecule has 0 unspecified atom stereocenters. The fraction of sp³-hybridized carbons (Fsp3) is 0.167. The Hall–Kier alpha value is -7.81. The average molecular weight is 904 g/mol. The number of carbonyl (C=O) groups is 3. The van der Waals surface area contributed by atoms with Gasteiger partial charge in [-0.15, -0.1) is 16.4 Å². The number of amides is 2. The Morgan fingerprint density at radius 3 is 2.57 bits per heavy atom. The summed E-state index contributed by atoms with van der Waals surface area (Å²) >= 11 is 1.37. The van der Waals surface area contributed by atoms with Crippen LogP contribution in [0.2, 0.25) is 0 Å². The molecule has 9 rings (SSSR count). The van der Waals surface area contributed by atoms with Gasteiger partial charge in [0.05, 0.1) is 30.9 Å². The van der Waals surface area contributed by atoms with E-state index in [1.54, 1.807) is 60.3 Å². The minimum absolute atomic E-state index is 0.0441. The number of fused-ring (bicyclic) bond motifs is 5. The van der Waals surface area contributed by atoms with Crippen LogP contribution in [0.1, 0.15) is 55.6 Å². The molecule has 8 aromatic rings. The van der Waals surface area contributed by atoms with Crippen LogP contribution in [0.5, 0.6) is 11.5 Å². The number of nitrogens with one attached hydrogen (secondary N) is 1. The van der Waals surface area contributed by atoms with E-state index >= 15 is 4.39 Å². The highest BCUT2D eigenvalue weighted by Crippen LogP contribution is 2.42. The van der Waals surface area contributed by atoms with E-state index in [4.69, 9.17) is 19.9 Å². The van der Waals surface area contributed by atoms with Crippen LogP contribution in [0.15, 0.2) is 108 Å². The molecule has 324 valence electrons. The molecule has 3 N–H and O–H groups in total. The van der Waals surface area contributed by atoms with Gasteiger partial charge in [-0.1, -0.05) is 48.2 Å². The molecule has 0 fully saturated rings. The van der Waals surface area contributed by atoms with Gasteiger partial charge >= 0.3 is 5.97 Å². The van der Waals surface area contributed by atoms with Crippen molar-refractivity contribution in [1.29, 1.82) is 0 Å². The lowest BCUT2D eigenvalue weighted by Crippen LogP contribution is -2.46. The second kappa shape index (κ2) is 17.8. The zero-order valence-corrected chi connectivity index (χ0v) is 37.0. The van der Waals surface area contributed by atoms with Crippen LogP contribution in [0, 0.1) is 17.7 Å². The molecule has 4 aromatic carbocycles. The molecule has 14 nitrogen and oxygen atoms in total. The van der Waals surface area contributed by atoms with Crippen LogP contribution in [-0.4, -0.2) is 77.8 Å². The van der Waals surface area contributed by atoms with E-state index < -0.39 is 23.4 Å². The molecule has 5 heterocycles. The lowest BCUT2D eigenvalue weighted by atomic mass is 10.1. The van der Waals surface area contributed by atoms with Crippen molar-refractivity contribution < 1.29 is 33.0 Å². The number of esters is 1. The molecule has 0 saturated carbocycles. The number of anilines is 1. The van der Waals surface area contributed by atoms with Gasteiger partial charge in [-0.2, -0.15) is 0 Å². The van der Waals surface area contributed by atoms with Crippen molar-refractivity contribution in [3.63, 3.8) is 0 Å². The van der Waals surface area contributed by atoms with E-state index in [-0.39, 0.29) is 57.5 Å². The molecule has 2 amide bonds. The van der Waals surface area contributed by atoms with Crippen LogP contribution < -0.4 is 31.4 Å². The van der Waals surface area contributed by atoms with Gasteiger partial charge in [0.15, 0.2) is 23.0 Å². The van der Waals surface area contributed by atoms with E-state index in [9.17, 15) is 19.2 Å². The predicted octanol–water partition coefficient (Wildman–Crippen LogP) is 5.58. The summed E-state index contributed by atoms with van der Waals surface area (Å²) in [6.45, 7) is 2.04. The molecule has 4 aromatic heterocycles. The topological polar surface area (TPSA) is 172 Å². The van der Waals surface area contributed by atoms with Crippen LogP contribution in [0.25, 0.3) is 32.2 Å². The highest BCUT2D eigenvalue weighted by Gasteiger charge is 2.32. The van der Waals surface area contributed by atoms with Crippen LogP contribution in [0.3, 0.4) is 0 Å². The van der Waals surface area contributed by atoms with E-state index in [2.05, 4.69) is 27.2 Å². The van der Waals surface area contributed by atoms with Gasteiger partial charge < -0.3 is 30.2 Å². The van der Waals surface area contributed by atoms with Crippen LogP contribution in [0.4, 0.5) is 10.2 Å². The zero-order valence-electron chi connectivity index (χ0n) is 35.2. The van der Waals surface area contributed by atoms with Crippen molar-refractivity contribution in [3.05, 3.63) is 152 Å². The molecular formula is C48H38FN7O7SSi. The normalized spacial score (nSPS) is 12.6. The summed E-state index contributed by atoms with van der Waals surface area (Å²) in [5.41, 5.74) is 8.36. The highest BCUT2D eigenvalue weighted by atomic mass is 32.1. The Morgan fingerprint density at radius 2 is 1.78 bits per heavy atom. The Balaban J connectivity index is 0.877. The third-order valence-corrected chi connectivity index (χ3v) is 13.3. The Labute approximate surface area is 377 Å². The molecule has 65 heavy (non-hydrogen) atoms. The summed E-state index contributed by atoms with van der Waals surface area (Å²) in [5.74, 6) is 5.49. The third-order valence-electron chi connectivity index (χ3n) is 10.9. The minimum Gasteiger partial charge on any atom is -0.493 e. The summed E-state index contributed by atoms with van der Waals surface area (Å²) in [5, 5.41) is 9.79. The number of rotatable bonds is 12. The first-order valence-corrected chi connectivity index (χ1v) is 22.2. The first-order valence-electron chi connectivity index (χ1n) is 20.3. The number of hydrogen-bond donors (Lipinski definition) is 2. The molecule has 0 aliphatic carbocycles. The lowest BCUT2D eigenvalue weighted by Gasteiger charge is -2.18. The van der Waals surface area contributed by atoms with Crippen LogP contribution >= 0.6 is 11.3 Å². The Morgan fingerprint density at radius 1 is 0.985 bits per heavy atom. The maximum atomic E-state index is 15.4. The van der Waals surface area contributed by atoms with Crippen molar-refractivity contribution in [2.75, 3.05) is 26.5 Å². The van der Waals surface area contributed by atoms with E-state index in [1.807, 2.05) is 61.5 Å². The fourth-order valence-corrected chi connectivity index (χ4v) is 10.2. The SMILES string of the molecule is COc1cc2sc3c(c2cc1OC)CN(CCC(=O)OCc1ccc(C#Cc2cccc4cc([Si][C@H](C)NC(=O)c5c(N)nn6cccnc56)n(-c5ccccc5)c(=O)c24)cc1F)C3=O. The summed E-state index contributed by atoms with van der Waals surface area (Å²) in [4.78, 5) is 60.4. The minimum atomic E-state index is -0.612. The average Bonchev–Trinajstić information content (AvgIpc) is 3.94. The number of nitrogens with two attached hydrogens (primary N) is 1. The highest BCUT2D eigenvalue weighted by molar-refractivity contribution is 7.21. The van der Waals surface area contributed by atoms with Crippen molar-refractivity contribution >= 4 is 76.3 Å². The van der Waals surface area contributed by atoms with Gasteiger partial charge in [-0.05, 0) is 60.8 Å². The first kappa shape index (κ1) is 42.5. The fourth-order valence-electron chi connectivity index (χ4n) is 7.78. The number of benzene rings is 4. The number of methoxy groups -OCH3 is 2. The number of hydrogen-bond acceptors (Lipinski definition) is 11. The second-order valence-electron chi connectivity index (χ2n) is 15.1. The van der Waals surface area contributed by atoms with Gasteiger partial charge in [-0.25, -0.2) is 13.9 Å². The van der Waals surface area contributed by atoms with Gasteiger partial charge in [0, 0.05) is 80.6 Å². The second-order valence-corrected chi connectivity index (χ2v) is 17.8. The number of aromatic nitrogens is 4. The van der Waals surface area contributed by atoms with Gasteiger partial charge in [0.2, 0.25) is 0 Å². The summed E-state index contributed by atoms with van der Waals surface area (Å²) in [6.07, 6.45) is 3.15. The smallest absolute Gasteiger partial charge is 0.307 e. The molecule has 1 atom stereocenters. The Kier molecular flexibility index (Phi) is 11.6. The number of carbonyl (C=O) groups excluding carboxylic acids is 3.